The summed E-state index contributed by atoms with van der Waals surface area (Å²) in [4.78, 5) is 22.3. The van der Waals surface area contributed by atoms with Gasteiger partial charge in [0.1, 0.15) is 11.5 Å². The van der Waals surface area contributed by atoms with Crippen LogP contribution in [0, 0.1) is 0 Å². The Morgan fingerprint density at radius 3 is 2.62 bits per heavy atom. The van der Waals surface area contributed by atoms with Crippen LogP contribution in [0.15, 0.2) is 17.4 Å². The normalized spacial score (nSPS) is 10.8. The second-order valence-electron chi connectivity index (χ2n) is 2.65. The first-order chi connectivity index (χ1) is 7.61. The SMILES string of the molecule is COC(=O)NNC(C)=Nc1cnc(Cl)nc1. The maximum absolute atomic E-state index is 10.7. The average molecular weight is 244 g/mol. The lowest BCUT2D eigenvalue weighted by atomic mass is 10.5. The maximum Gasteiger partial charge on any atom is 0.425 e. The number of aromatic nitrogens is 2. The van der Waals surface area contributed by atoms with Gasteiger partial charge in [0, 0.05) is 0 Å². The summed E-state index contributed by atoms with van der Waals surface area (Å²) in [6, 6.07) is 0. The molecule has 0 aliphatic rings. The fourth-order valence-electron chi connectivity index (χ4n) is 0.777. The molecule has 0 bridgehead atoms. The molecule has 0 saturated carbocycles. The summed E-state index contributed by atoms with van der Waals surface area (Å²) in [5.74, 6) is 0.455. The Kier molecular flexibility index (Phi) is 4.46. The van der Waals surface area contributed by atoms with E-state index in [1.54, 1.807) is 6.92 Å². The van der Waals surface area contributed by atoms with Gasteiger partial charge in [0.05, 0.1) is 19.5 Å². The summed E-state index contributed by atoms with van der Waals surface area (Å²) in [7, 11) is 1.26. The van der Waals surface area contributed by atoms with E-state index < -0.39 is 6.09 Å². The van der Waals surface area contributed by atoms with Crippen LogP contribution >= 0.6 is 11.6 Å². The monoisotopic (exact) mass is 243 g/mol. The number of rotatable bonds is 1. The first kappa shape index (κ1) is 12.2. The van der Waals surface area contributed by atoms with E-state index in [-0.39, 0.29) is 5.28 Å². The van der Waals surface area contributed by atoms with Crippen molar-refractivity contribution in [3.8, 4) is 0 Å². The second kappa shape index (κ2) is 5.86. The molecule has 0 aliphatic heterocycles. The van der Waals surface area contributed by atoms with Crippen molar-refractivity contribution in [1.82, 2.24) is 20.8 Å². The predicted molar refractivity (Wildman–Crippen MR) is 58.5 cm³/mol. The maximum atomic E-state index is 10.7. The molecule has 0 unspecified atom stereocenters. The number of nitrogens with zero attached hydrogens (tertiary/aromatic N) is 3. The Morgan fingerprint density at radius 1 is 1.44 bits per heavy atom. The fourth-order valence-corrected chi connectivity index (χ4v) is 0.875. The molecule has 1 rings (SSSR count). The van der Waals surface area contributed by atoms with Gasteiger partial charge in [-0.1, -0.05) is 0 Å². The molecule has 1 heterocycles. The number of aliphatic imine (C=N–C) groups is 1. The summed E-state index contributed by atoms with van der Waals surface area (Å²) in [6.07, 6.45) is 2.30. The lowest BCUT2D eigenvalue weighted by molar-refractivity contribution is 0.168. The van der Waals surface area contributed by atoms with Crippen molar-refractivity contribution in [3.63, 3.8) is 0 Å². The Bertz CT molecular complexity index is 392. The number of amidine groups is 1. The highest BCUT2D eigenvalue weighted by molar-refractivity contribution is 6.28. The number of ether oxygens (including phenoxy) is 1. The zero-order chi connectivity index (χ0) is 12.0. The molecule has 7 nitrogen and oxygen atoms in total. The fraction of sp³-hybridized carbons (Fsp3) is 0.250. The van der Waals surface area contributed by atoms with E-state index >= 15 is 0 Å². The molecule has 0 radical (unpaired) electrons. The van der Waals surface area contributed by atoms with Gasteiger partial charge in [0.15, 0.2) is 0 Å². The topological polar surface area (TPSA) is 88.5 Å². The number of hydrazine groups is 1. The molecule has 86 valence electrons. The summed E-state index contributed by atoms with van der Waals surface area (Å²) in [5, 5.41) is 0.150. The Labute approximate surface area is 96.9 Å². The highest BCUT2D eigenvalue weighted by atomic mass is 35.5. The van der Waals surface area contributed by atoms with Crippen LogP contribution in [0.3, 0.4) is 0 Å². The largest absolute Gasteiger partial charge is 0.452 e. The van der Waals surface area contributed by atoms with E-state index in [0.717, 1.165) is 0 Å². The van der Waals surface area contributed by atoms with Gasteiger partial charge < -0.3 is 4.74 Å². The molecule has 0 saturated heterocycles. The Balaban J connectivity index is 2.56. The van der Waals surface area contributed by atoms with Crippen molar-refractivity contribution in [2.45, 2.75) is 6.92 Å². The molecule has 16 heavy (non-hydrogen) atoms. The highest BCUT2D eigenvalue weighted by Gasteiger charge is 1.98. The van der Waals surface area contributed by atoms with Crippen molar-refractivity contribution in [1.29, 1.82) is 0 Å². The van der Waals surface area contributed by atoms with Crippen LogP contribution in [-0.2, 0) is 4.74 Å². The molecule has 0 fully saturated rings. The third-order valence-corrected chi connectivity index (χ3v) is 1.63. The lowest BCUT2D eigenvalue weighted by Gasteiger charge is -2.05. The number of amides is 1. The van der Waals surface area contributed by atoms with Crippen LogP contribution in [0.5, 0.6) is 0 Å². The van der Waals surface area contributed by atoms with Gasteiger partial charge in [-0.3, -0.25) is 5.43 Å². The van der Waals surface area contributed by atoms with Gasteiger partial charge in [0.25, 0.3) is 0 Å². The second-order valence-corrected chi connectivity index (χ2v) is 2.99. The zero-order valence-corrected chi connectivity index (χ0v) is 9.45. The van der Waals surface area contributed by atoms with Crippen LogP contribution in [0.2, 0.25) is 5.28 Å². The predicted octanol–water partition coefficient (Wildman–Crippen LogP) is 1.04. The summed E-state index contributed by atoms with van der Waals surface area (Å²) in [5.41, 5.74) is 5.30. The number of nitrogens with one attached hydrogen (secondary N) is 2. The lowest BCUT2D eigenvalue weighted by Crippen LogP contribution is -2.40. The molecule has 0 spiro atoms. The minimum atomic E-state index is -0.609. The summed E-state index contributed by atoms with van der Waals surface area (Å²) < 4.78 is 4.36. The molecular formula is C8H10ClN5O2. The molecule has 2 N–H and O–H groups in total. The van der Waals surface area contributed by atoms with E-state index in [1.165, 1.54) is 19.5 Å². The molecular weight excluding hydrogens is 234 g/mol. The number of carbonyl (C=O) groups excluding carboxylic acids is 1. The number of carbonyl (C=O) groups is 1. The van der Waals surface area contributed by atoms with E-state index in [4.69, 9.17) is 11.6 Å². The van der Waals surface area contributed by atoms with Gasteiger partial charge in [-0.15, -0.1) is 0 Å². The van der Waals surface area contributed by atoms with Crippen molar-refractivity contribution < 1.29 is 9.53 Å². The minimum Gasteiger partial charge on any atom is -0.452 e. The van der Waals surface area contributed by atoms with Gasteiger partial charge in [-0.25, -0.2) is 25.2 Å². The number of hydrogen-bond donors (Lipinski definition) is 2. The first-order valence-corrected chi connectivity index (χ1v) is 4.62. The van der Waals surface area contributed by atoms with Crippen molar-refractivity contribution in [3.05, 3.63) is 17.7 Å². The van der Waals surface area contributed by atoms with Gasteiger partial charge in [-0.05, 0) is 18.5 Å². The van der Waals surface area contributed by atoms with Gasteiger partial charge in [0.2, 0.25) is 5.28 Å². The molecule has 0 atom stereocenters. The van der Waals surface area contributed by atoms with E-state index in [1.807, 2.05) is 0 Å². The molecule has 1 aromatic heterocycles. The quantitative estimate of drug-likeness (QED) is 0.333. The molecule has 8 heteroatoms. The Hall–Kier alpha value is -1.89. The Morgan fingerprint density at radius 2 is 2.06 bits per heavy atom. The average Bonchev–Trinajstić information content (AvgIpc) is 2.29. The summed E-state index contributed by atoms with van der Waals surface area (Å²) >= 11 is 5.51. The van der Waals surface area contributed by atoms with Gasteiger partial charge in [-0.2, -0.15) is 0 Å². The van der Waals surface area contributed by atoms with Crippen molar-refractivity contribution in [2.75, 3.05) is 7.11 Å². The number of methoxy groups -OCH3 is 1. The van der Waals surface area contributed by atoms with Crippen LogP contribution in [0.25, 0.3) is 0 Å². The van der Waals surface area contributed by atoms with E-state index in [0.29, 0.717) is 11.5 Å². The molecule has 0 aliphatic carbocycles. The smallest absolute Gasteiger partial charge is 0.425 e. The minimum absolute atomic E-state index is 0.150. The standard InChI is InChI=1S/C8H10ClN5O2/c1-5(13-14-8(15)16-2)12-6-3-10-7(9)11-4-6/h3-4H,1-2H3,(H,12,13)(H,14,15). The first-order valence-electron chi connectivity index (χ1n) is 4.24. The molecule has 1 aromatic rings. The third-order valence-electron chi connectivity index (χ3n) is 1.43. The van der Waals surface area contributed by atoms with E-state index in [9.17, 15) is 4.79 Å². The van der Waals surface area contributed by atoms with Crippen LogP contribution < -0.4 is 10.9 Å². The van der Waals surface area contributed by atoms with Crippen LogP contribution in [0.4, 0.5) is 10.5 Å². The third kappa shape index (κ3) is 4.09. The van der Waals surface area contributed by atoms with Crippen LogP contribution in [-0.4, -0.2) is 29.0 Å². The highest BCUT2D eigenvalue weighted by Crippen LogP contribution is 2.09. The van der Waals surface area contributed by atoms with Gasteiger partial charge >= 0.3 is 6.09 Å². The molecule has 1 amide bonds. The summed E-state index contributed by atoms with van der Waals surface area (Å²) in [6.45, 7) is 1.66. The zero-order valence-electron chi connectivity index (χ0n) is 8.69. The molecule has 0 aromatic carbocycles. The van der Waals surface area contributed by atoms with Crippen molar-refractivity contribution in [2.24, 2.45) is 4.99 Å². The number of hydrogen-bond acceptors (Lipinski definition) is 5. The van der Waals surface area contributed by atoms with Crippen LogP contribution in [0.1, 0.15) is 6.92 Å². The number of halogens is 1. The van der Waals surface area contributed by atoms with Crippen molar-refractivity contribution >= 4 is 29.2 Å². The van der Waals surface area contributed by atoms with E-state index in [2.05, 4.69) is 30.5 Å².